The van der Waals surface area contributed by atoms with Gasteiger partial charge in [-0.15, -0.1) is 0 Å². The van der Waals surface area contributed by atoms with Crippen molar-refractivity contribution in [3.05, 3.63) is 29.8 Å². The Balaban J connectivity index is 1.96. The number of piperazine rings is 1. The Hall–Kier alpha value is -3.10. The number of ether oxygens (including phenoxy) is 2. The second-order valence-corrected chi connectivity index (χ2v) is 6.49. The van der Waals surface area contributed by atoms with E-state index in [1.54, 1.807) is 24.0 Å². The van der Waals surface area contributed by atoms with Crippen molar-refractivity contribution >= 4 is 24.2 Å². The van der Waals surface area contributed by atoms with Crippen molar-refractivity contribution in [1.29, 1.82) is 0 Å². The maximum atomic E-state index is 12.8. The third kappa shape index (κ3) is 3.92. The fourth-order valence-electron chi connectivity index (χ4n) is 3.40. The number of carbonyl (C=O) groups is 3. The van der Waals surface area contributed by atoms with Crippen LogP contribution in [0.5, 0.6) is 5.75 Å². The Morgan fingerprint density at radius 2 is 2.00 bits per heavy atom. The Morgan fingerprint density at radius 3 is 2.64 bits per heavy atom. The van der Waals surface area contributed by atoms with Gasteiger partial charge in [-0.3, -0.25) is 19.7 Å². The van der Waals surface area contributed by atoms with Crippen LogP contribution in [0.2, 0.25) is 0 Å². The molecule has 1 N–H and O–H groups in total. The van der Waals surface area contributed by atoms with E-state index in [2.05, 4.69) is 5.32 Å². The molecule has 1 aromatic carbocycles. The van der Waals surface area contributed by atoms with Crippen molar-refractivity contribution in [2.75, 3.05) is 39.9 Å². The van der Waals surface area contributed by atoms with E-state index in [0.717, 1.165) is 6.41 Å². The van der Waals surface area contributed by atoms with E-state index in [1.807, 2.05) is 17.0 Å². The van der Waals surface area contributed by atoms with Crippen LogP contribution in [0.4, 0.5) is 0 Å². The lowest BCUT2D eigenvalue weighted by molar-refractivity contribution is -0.153. The highest BCUT2D eigenvalue weighted by atomic mass is 16.5. The van der Waals surface area contributed by atoms with Crippen LogP contribution < -0.4 is 10.1 Å². The summed E-state index contributed by atoms with van der Waals surface area (Å²) in [6.45, 7) is 4.03. The summed E-state index contributed by atoms with van der Waals surface area (Å²) >= 11 is 0. The number of amides is 2. The highest BCUT2D eigenvalue weighted by molar-refractivity contribution is 6.08. The molecule has 2 aliphatic heterocycles. The van der Waals surface area contributed by atoms with Crippen LogP contribution in [0.15, 0.2) is 29.3 Å². The fourth-order valence-corrected chi connectivity index (χ4v) is 3.40. The third-order valence-electron chi connectivity index (χ3n) is 4.86. The number of aliphatic imine (C=N–C) groups is 1. The molecule has 0 unspecified atom stereocenters. The minimum atomic E-state index is -1.10. The van der Waals surface area contributed by atoms with E-state index in [0.29, 0.717) is 43.5 Å². The molecule has 2 heterocycles. The number of para-hydroxylation sites is 1. The molecule has 0 aliphatic carbocycles. The summed E-state index contributed by atoms with van der Waals surface area (Å²) in [4.78, 5) is 44.5. The first-order valence-electron chi connectivity index (χ1n) is 9.21. The number of nitrogens with one attached hydrogen (secondary N) is 1. The smallest absolute Gasteiger partial charge is 0.321 e. The molecule has 0 radical (unpaired) electrons. The van der Waals surface area contributed by atoms with E-state index < -0.39 is 23.8 Å². The van der Waals surface area contributed by atoms with E-state index in [9.17, 15) is 14.4 Å². The molecular formula is C19H24N4O5. The highest BCUT2D eigenvalue weighted by Gasteiger charge is 2.43. The van der Waals surface area contributed by atoms with E-state index in [1.165, 1.54) is 7.11 Å². The molecule has 0 bridgehead atoms. The Kier molecular flexibility index (Phi) is 6.13. The average molecular weight is 388 g/mol. The number of guanidine groups is 1. The predicted octanol–water partition coefficient (Wildman–Crippen LogP) is 0.175. The monoisotopic (exact) mass is 388 g/mol. The van der Waals surface area contributed by atoms with Crippen molar-refractivity contribution in [3.63, 3.8) is 0 Å². The molecule has 1 aromatic rings. The van der Waals surface area contributed by atoms with Gasteiger partial charge in [0, 0.05) is 31.7 Å². The molecule has 2 aliphatic rings. The molecule has 0 saturated carbocycles. The first-order valence-corrected chi connectivity index (χ1v) is 9.21. The van der Waals surface area contributed by atoms with Crippen LogP contribution in [-0.2, 0) is 19.1 Å². The van der Waals surface area contributed by atoms with Crippen LogP contribution >= 0.6 is 0 Å². The van der Waals surface area contributed by atoms with Crippen LogP contribution in [0.1, 0.15) is 18.5 Å². The highest BCUT2D eigenvalue weighted by Crippen LogP contribution is 2.36. The molecular weight excluding hydrogens is 364 g/mol. The number of methoxy groups -OCH3 is 1. The van der Waals surface area contributed by atoms with Crippen LogP contribution in [0, 0.1) is 5.92 Å². The van der Waals surface area contributed by atoms with Gasteiger partial charge in [0.1, 0.15) is 11.8 Å². The van der Waals surface area contributed by atoms with Gasteiger partial charge < -0.3 is 19.3 Å². The first-order chi connectivity index (χ1) is 13.6. The molecule has 0 spiro atoms. The standard InChI is InChI=1S/C19H24N4O5/c1-3-28-18(26)15-16(13-6-4-5-7-14(13)27-2)20-19(21-17(15)25)23-10-8-22(12-24)9-11-23/h4-7,12,15-16H,3,8-11H2,1-2H3,(H,20,21,25)/t15-,16+/m0/s1. The number of rotatable bonds is 5. The lowest BCUT2D eigenvalue weighted by Crippen LogP contribution is -2.57. The average Bonchev–Trinajstić information content (AvgIpc) is 2.73. The molecule has 2 amide bonds. The Labute approximate surface area is 163 Å². The van der Waals surface area contributed by atoms with Gasteiger partial charge >= 0.3 is 5.97 Å². The lowest BCUT2D eigenvalue weighted by Gasteiger charge is -2.37. The quantitative estimate of drug-likeness (QED) is 0.439. The zero-order valence-electron chi connectivity index (χ0n) is 16.0. The van der Waals surface area contributed by atoms with Gasteiger partial charge in [0.2, 0.25) is 18.3 Å². The number of hydrogen-bond donors (Lipinski definition) is 1. The number of benzene rings is 1. The van der Waals surface area contributed by atoms with Crippen LogP contribution in [0.3, 0.4) is 0 Å². The van der Waals surface area contributed by atoms with Crippen LogP contribution in [0.25, 0.3) is 0 Å². The zero-order valence-corrected chi connectivity index (χ0v) is 16.0. The molecule has 1 fully saturated rings. The second kappa shape index (κ2) is 8.73. The van der Waals surface area contributed by atoms with E-state index in [4.69, 9.17) is 14.5 Å². The summed E-state index contributed by atoms with van der Waals surface area (Å²) in [5.74, 6) is -1.24. The maximum absolute atomic E-state index is 12.8. The maximum Gasteiger partial charge on any atom is 0.321 e. The van der Waals surface area contributed by atoms with Gasteiger partial charge in [-0.1, -0.05) is 18.2 Å². The second-order valence-electron chi connectivity index (χ2n) is 6.49. The molecule has 0 aromatic heterocycles. The Bertz CT molecular complexity index is 773. The molecule has 3 rings (SSSR count). The van der Waals surface area contributed by atoms with Gasteiger partial charge in [0.25, 0.3) is 0 Å². The minimum absolute atomic E-state index is 0.172. The Morgan fingerprint density at radius 1 is 1.29 bits per heavy atom. The normalized spacial score (nSPS) is 22.2. The van der Waals surface area contributed by atoms with Gasteiger partial charge in [-0.25, -0.2) is 4.99 Å². The number of esters is 1. The number of nitrogens with zero attached hydrogens (tertiary/aromatic N) is 3. The molecule has 9 heteroatoms. The van der Waals surface area contributed by atoms with E-state index in [-0.39, 0.29) is 6.61 Å². The molecule has 2 atom stereocenters. The fraction of sp³-hybridized carbons (Fsp3) is 0.474. The predicted molar refractivity (Wildman–Crippen MR) is 101 cm³/mol. The summed E-state index contributed by atoms with van der Waals surface area (Å²) < 4.78 is 10.5. The van der Waals surface area contributed by atoms with Crippen LogP contribution in [-0.4, -0.2) is 73.9 Å². The topological polar surface area (TPSA) is 101 Å². The molecule has 150 valence electrons. The number of hydrogen-bond acceptors (Lipinski definition) is 7. The molecule has 28 heavy (non-hydrogen) atoms. The van der Waals surface area contributed by atoms with Crippen molar-refractivity contribution < 1.29 is 23.9 Å². The lowest BCUT2D eigenvalue weighted by atomic mass is 9.90. The summed E-state index contributed by atoms with van der Waals surface area (Å²) in [5.41, 5.74) is 0.641. The molecule has 1 saturated heterocycles. The first kappa shape index (κ1) is 19.7. The third-order valence-corrected chi connectivity index (χ3v) is 4.86. The SMILES string of the molecule is CCOC(=O)[C@@H]1C(=O)NC(N2CCN(C=O)CC2)=N[C@@H]1c1ccccc1OC. The number of carbonyl (C=O) groups excluding carboxylic acids is 3. The molecule has 9 nitrogen and oxygen atoms in total. The minimum Gasteiger partial charge on any atom is -0.496 e. The summed E-state index contributed by atoms with van der Waals surface area (Å²) in [7, 11) is 1.53. The van der Waals surface area contributed by atoms with E-state index >= 15 is 0 Å². The largest absolute Gasteiger partial charge is 0.496 e. The van der Waals surface area contributed by atoms with Gasteiger partial charge in [-0.05, 0) is 13.0 Å². The van der Waals surface area contributed by atoms with Crippen molar-refractivity contribution in [1.82, 2.24) is 15.1 Å². The zero-order chi connectivity index (χ0) is 20.1. The summed E-state index contributed by atoms with van der Waals surface area (Å²) in [6, 6.07) is 6.42. The van der Waals surface area contributed by atoms with Crippen molar-refractivity contribution in [2.24, 2.45) is 10.9 Å². The van der Waals surface area contributed by atoms with Crippen molar-refractivity contribution in [3.8, 4) is 5.75 Å². The summed E-state index contributed by atoms with van der Waals surface area (Å²) in [6.07, 6.45) is 0.813. The van der Waals surface area contributed by atoms with Gasteiger partial charge in [0.05, 0.1) is 13.7 Å². The van der Waals surface area contributed by atoms with Gasteiger partial charge in [-0.2, -0.15) is 0 Å². The van der Waals surface area contributed by atoms with Crippen molar-refractivity contribution in [2.45, 2.75) is 13.0 Å². The van der Waals surface area contributed by atoms with Gasteiger partial charge in [0.15, 0.2) is 5.92 Å². The summed E-state index contributed by atoms with van der Waals surface area (Å²) in [5, 5.41) is 2.73.